The van der Waals surface area contributed by atoms with E-state index in [-0.39, 0.29) is 11.3 Å². The predicted octanol–water partition coefficient (Wildman–Crippen LogP) is 5.21. The Morgan fingerprint density at radius 1 is 1.08 bits per heavy atom. The van der Waals surface area contributed by atoms with Crippen molar-refractivity contribution in [3.63, 3.8) is 0 Å². The molecular formula is C27H32N4O6. The molecule has 1 atom stereocenters. The van der Waals surface area contributed by atoms with Crippen molar-refractivity contribution < 1.29 is 32.5 Å². The zero-order valence-corrected chi connectivity index (χ0v) is 21.9. The van der Waals surface area contributed by atoms with E-state index in [0.29, 0.717) is 27.9 Å². The number of rotatable bonds is 3. The van der Waals surface area contributed by atoms with E-state index in [2.05, 4.69) is 10.3 Å². The monoisotopic (exact) mass is 511 g/mol. The second-order valence-electron chi connectivity index (χ2n) is 10.9. The molecule has 3 aromatic rings. The number of benzene rings is 1. The lowest BCUT2D eigenvalue weighted by Gasteiger charge is -2.30. The summed E-state index contributed by atoms with van der Waals surface area (Å²) in [6, 6.07) is 3.71. The second kappa shape index (κ2) is 9.17. The molecule has 37 heavy (non-hydrogen) atoms. The summed E-state index contributed by atoms with van der Waals surface area (Å²) in [6.07, 6.45) is 1.36. The first-order chi connectivity index (χ1) is 18.4. The van der Waals surface area contributed by atoms with E-state index in [0.717, 1.165) is 9.58 Å². The van der Waals surface area contributed by atoms with E-state index in [1.807, 2.05) is 0 Å². The van der Waals surface area contributed by atoms with Gasteiger partial charge in [0.25, 0.3) is 5.91 Å². The summed E-state index contributed by atoms with van der Waals surface area (Å²) in [7, 11) is 0. The molecule has 0 N–H and O–H groups in total. The lowest BCUT2D eigenvalue weighted by atomic mass is 9.94. The van der Waals surface area contributed by atoms with E-state index in [4.69, 9.17) is 18.1 Å². The average Bonchev–Trinajstić information content (AvgIpc) is 3.41. The summed E-state index contributed by atoms with van der Waals surface area (Å²) in [4.78, 5) is 41.6. The Morgan fingerprint density at radius 2 is 1.78 bits per heavy atom. The maximum atomic E-state index is 14.2. The molecule has 2 amide bonds. The third-order valence-electron chi connectivity index (χ3n) is 5.53. The topological polar surface area (TPSA) is 117 Å². The van der Waals surface area contributed by atoms with E-state index < -0.39 is 48.6 Å². The molecular weight excluding hydrogens is 476 g/mol. The van der Waals surface area contributed by atoms with Gasteiger partial charge in [0.15, 0.2) is 5.76 Å². The molecule has 0 radical (unpaired) electrons. The van der Waals surface area contributed by atoms with Crippen molar-refractivity contribution in [2.45, 2.75) is 72.1 Å². The van der Waals surface area contributed by atoms with Crippen LogP contribution in [0.1, 0.15) is 79.9 Å². The molecule has 2 aromatic heterocycles. The van der Waals surface area contributed by atoms with Crippen molar-refractivity contribution >= 4 is 18.0 Å². The molecule has 4 rings (SSSR count). The number of ether oxygens (including phenoxy) is 2. The molecule has 10 heteroatoms. The van der Waals surface area contributed by atoms with Crippen LogP contribution in [0.3, 0.4) is 0 Å². The highest BCUT2D eigenvalue weighted by atomic mass is 16.6. The summed E-state index contributed by atoms with van der Waals surface area (Å²) in [5.74, 6) is -1.24. The molecule has 0 saturated carbocycles. The van der Waals surface area contributed by atoms with Crippen molar-refractivity contribution in [2.75, 3.05) is 0 Å². The Labute approximate surface area is 219 Å². The Bertz CT molecular complexity index is 1480. The van der Waals surface area contributed by atoms with Crippen LogP contribution in [0, 0.1) is 6.92 Å². The van der Waals surface area contributed by atoms with Crippen LogP contribution in [0.25, 0.3) is 22.3 Å². The first kappa shape index (κ1) is 22.3. The van der Waals surface area contributed by atoms with Gasteiger partial charge < -0.3 is 14.0 Å². The van der Waals surface area contributed by atoms with Gasteiger partial charge in [0.05, 0.1) is 23.9 Å². The zero-order valence-electron chi connectivity index (χ0n) is 24.9. The fourth-order valence-electron chi connectivity index (χ4n) is 4.17. The van der Waals surface area contributed by atoms with Crippen LogP contribution in [0.5, 0.6) is 0 Å². The van der Waals surface area contributed by atoms with Gasteiger partial charge in [-0.3, -0.25) is 14.3 Å². The van der Waals surface area contributed by atoms with Crippen molar-refractivity contribution in [1.82, 2.24) is 19.8 Å². The number of amides is 2. The lowest BCUT2D eigenvalue weighted by Crippen LogP contribution is -2.43. The molecule has 0 saturated heterocycles. The van der Waals surface area contributed by atoms with Crippen molar-refractivity contribution in [3.8, 4) is 22.3 Å². The predicted molar refractivity (Wildman–Crippen MR) is 134 cm³/mol. The largest absolute Gasteiger partial charge is 0.460 e. The Kier molecular flexibility index (Phi) is 5.52. The molecule has 3 heterocycles. The van der Waals surface area contributed by atoms with Gasteiger partial charge in [-0.05, 0) is 65.7 Å². The lowest BCUT2D eigenvalue weighted by molar-refractivity contribution is -0.156. The van der Waals surface area contributed by atoms with Gasteiger partial charge in [-0.15, -0.1) is 0 Å². The third kappa shape index (κ3) is 5.42. The Balaban J connectivity index is 1.89. The number of imide groups is 1. The Hall–Kier alpha value is -3.95. The molecule has 0 fully saturated rings. The fraction of sp³-hybridized carbons (Fsp3) is 0.444. The van der Waals surface area contributed by atoms with Gasteiger partial charge >= 0.3 is 12.1 Å². The summed E-state index contributed by atoms with van der Waals surface area (Å²) >= 11 is 0. The van der Waals surface area contributed by atoms with E-state index in [1.54, 1.807) is 66.7 Å². The second-order valence-corrected chi connectivity index (χ2v) is 10.9. The molecule has 0 unspecified atom stereocenters. The highest BCUT2D eigenvalue weighted by Gasteiger charge is 2.44. The highest BCUT2D eigenvalue weighted by molar-refractivity contribution is 6.10. The van der Waals surface area contributed by atoms with Crippen molar-refractivity contribution in [1.29, 1.82) is 0 Å². The van der Waals surface area contributed by atoms with E-state index >= 15 is 0 Å². The average molecular weight is 512 g/mol. The zero-order chi connectivity index (χ0) is 29.8. The number of aryl methyl sites for hydroxylation is 2. The number of hydrogen-bond acceptors (Lipinski definition) is 8. The SMILES string of the molecule is [2H]C([2H])([2H])n1cc(-c2ccc3c(c2)C(=O)N(C(=O)OC(C)(C)C)[C@@H](CC(=O)OC(C)(C)C)c2onc(C)c2-3)cn1. The van der Waals surface area contributed by atoms with Gasteiger partial charge in [0, 0.05) is 28.4 Å². The maximum absolute atomic E-state index is 14.2. The van der Waals surface area contributed by atoms with Gasteiger partial charge in [-0.1, -0.05) is 17.3 Å². The molecule has 1 aromatic carbocycles. The number of carbonyl (C=O) groups excluding carboxylic acids is 3. The molecule has 1 aliphatic rings. The normalized spacial score (nSPS) is 17.2. The number of aromatic nitrogens is 3. The Morgan fingerprint density at radius 3 is 2.41 bits per heavy atom. The first-order valence-corrected chi connectivity index (χ1v) is 11.8. The standard InChI is InChI=1S/C27H32N4O6/c1-15-22-18-10-9-16(17-13-28-30(8)14-17)11-19(18)24(33)31(25(34)36-27(5,6)7)20(23(22)37-29-15)12-21(32)35-26(2,3)4/h9-11,13-14,20H,12H2,1-8H3/t20-/m0/s1/i8D3. The van der Waals surface area contributed by atoms with E-state index in [9.17, 15) is 14.4 Å². The molecule has 196 valence electrons. The third-order valence-corrected chi connectivity index (χ3v) is 5.53. The summed E-state index contributed by atoms with van der Waals surface area (Å²) in [6.45, 7) is 9.34. The molecule has 0 spiro atoms. The highest BCUT2D eigenvalue weighted by Crippen LogP contribution is 2.43. The van der Waals surface area contributed by atoms with Crippen LogP contribution >= 0.6 is 0 Å². The number of carbonyl (C=O) groups is 3. The van der Waals surface area contributed by atoms with Crippen LogP contribution < -0.4 is 0 Å². The van der Waals surface area contributed by atoms with Gasteiger partial charge in [-0.25, -0.2) is 9.69 Å². The van der Waals surface area contributed by atoms with Gasteiger partial charge in [-0.2, -0.15) is 5.10 Å². The van der Waals surface area contributed by atoms with Crippen molar-refractivity contribution in [2.24, 2.45) is 6.98 Å². The summed E-state index contributed by atoms with van der Waals surface area (Å²) < 4.78 is 40.4. The molecule has 1 aliphatic heterocycles. The van der Waals surface area contributed by atoms with Crippen molar-refractivity contribution in [3.05, 3.63) is 47.6 Å². The summed E-state index contributed by atoms with van der Waals surface area (Å²) in [5.41, 5.74) is 0.657. The molecule has 0 bridgehead atoms. The van der Waals surface area contributed by atoms with Crippen LogP contribution in [0.2, 0.25) is 0 Å². The van der Waals surface area contributed by atoms with Gasteiger partial charge in [0.1, 0.15) is 17.2 Å². The smallest absolute Gasteiger partial charge is 0.418 e. The first-order valence-electron chi connectivity index (χ1n) is 13.3. The number of fused-ring (bicyclic) bond motifs is 3. The van der Waals surface area contributed by atoms with Crippen LogP contribution in [-0.2, 0) is 21.2 Å². The summed E-state index contributed by atoms with van der Waals surface area (Å²) in [5, 5.41) is 8.00. The number of esters is 1. The minimum absolute atomic E-state index is 0.115. The molecule has 10 nitrogen and oxygen atoms in total. The minimum Gasteiger partial charge on any atom is -0.460 e. The minimum atomic E-state index is -2.48. The van der Waals surface area contributed by atoms with Crippen LogP contribution in [-0.4, -0.2) is 49.0 Å². The van der Waals surface area contributed by atoms with E-state index in [1.165, 1.54) is 12.4 Å². The fourth-order valence-corrected chi connectivity index (χ4v) is 4.17. The van der Waals surface area contributed by atoms with Crippen LogP contribution in [0.4, 0.5) is 4.79 Å². The number of nitrogens with zero attached hydrogens (tertiary/aromatic N) is 4. The maximum Gasteiger partial charge on any atom is 0.418 e. The quantitative estimate of drug-likeness (QED) is 0.440. The van der Waals surface area contributed by atoms with Gasteiger partial charge in [0.2, 0.25) is 0 Å². The molecule has 0 aliphatic carbocycles. The van der Waals surface area contributed by atoms with Crippen LogP contribution in [0.15, 0.2) is 35.1 Å². The number of hydrogen-bond donors (Lipinski definition) is 0.